The van der Waals surface area contributed by atoms with E-state index in [0.29, 0.717) is 101 Å². The van der Waals surface area contributed by atoms with Gasteiger partial charge in [0.2, 0.25) is 0 Å². The van der Waals surface area contributed by atoms with Crippen LogP contribution in [0.1, 0.15) is 161 Å². The minimum Gasteiger partial charge on any atom is -0.481 e. The van der Waals surface area contributed by atoms with Gasteiger partial charge in [0.25, 0.3) is 0 Å². The van der Waals surface area contributed by atoms with Gasteiger partial charge in [0.1, 0.15) is 34.8 Å². The lowest BCUT2D eigenvalue weighted by atomic mass is 9.91. The number of nitrogens with two attached hydrogens (primary N) is 1. The fourth-order valence-corrected chi connectivity index (χ4v) is 19.2. The number of allylic oxidation sites excluding steroid dienone is 4. The van der Waals surface area contributed by atoms with Gasteiger partial charge >= 0.3 is 11.9 Å². The van der Waals surface area contributed by atoms with Crippen molar-refractivity contribution in [3.05, 3.63) is 266 Å². The third-order valence-electron chi connectivity index (χ3n) is 23.5. The number of aliphatic carboxylic acids is 1. The molecule has 10 aromatic rings. The molecule has 4 heterocycles. The fraction of sp³-hybridized carbons (Fsp3) is 0.348. The Bertz CT molecular complexity index is 5000. The Morgan fingerprint density at radius 1 is 0.462 bits per heavy atom. The van der Waals surface area contributed by atoms with Gasteiger partial charge in [-0.2, -0.15) is 0 Å². The number of Topliss-reactive ketones (excluding diaryl/α,β-unsaturated/α-hetero) is 2. The van der Waals surface area contributed by atoms with E-state index in [-0.39, 0.29) is 41.4 Å². The summed E-state index contributed by atoms with van der Waals surface area (Å²) in [5.41, 5.74) is 18.9. The van der Waals surface area contributed by atoms with Crippen molar-refractivity contribution in [3.8, 4) is 0 Å². The van der Waals surface area contributed by atoms with Gasteiger partial charge in [0.05, 0.1) is 35.1 Å². The predicted molar refractivity (Wildman–Crippen MR) is 409 cm³/mol. The van der Waals surface area contributed by atoms with Crippen LogP contribution in [0.4, 0.5) is 23.2 Å². The number of nitrogen functional groups attached to an aromatic ring is 1. The van der Waals surface area contributed by atoms with Crippen molar-refractivity contribution in [2.24, 2.45) is 47.3 Å². The number of ketones is 2. The zero-order valence-corrected chi connectivity index (χ0v) is 60.7. The summed E-state index contributed by atoms with van der Waals surface area (Å²) in [7, 11) is 0. The molecule has 8 aliphatic rings. The molecule has 0 radical (unpaired) electrons. The predicted octanol–water partition coefficient (Wildman–Crippen LogP) is 21.5. The van der Waals surface area contributed by atoms with Gasteiger partial charge < -0.3 is 15.6 Å². The zero-order chi connectivity index (χ0) is 73.7. The summed E-state index contributed by atoms with van der Waals surface area (Å²) in [5, 5.41) is 14.1. The van der Waals surface area contributed by atoms with Crippen LogP contribution in [0.3, 0.4) is 0 Å². The van der Waals surface area contributed by atoms with Crippen molar-refractivity contribution < 1.29 is 46.6 Å². The third kappa shape index (κ3) is 17.5. The molecule has 0 aliphatic heterocycles. The van der Waals surface area contributed by atoms with Crippen LogP contribution < -0.4 is 5.73 Å². The molecule has 0 amide bonds. The van der Waals surface area contributed by atoms with E-state index in [0.717, 1.165) is 155 Å². The number of nitrogens with zero attached hydrogens (tertiary/aromatic N) is 4. The molecule has 6 fully saturated rings. The first kappa shape index (κ1) is 73.5. The van der Waals surface area contributed by atoms with E-state index in [2.05, 4.69) is 32.1 Å². The van der Waals surface area contributed by atoms with Crippen molar-refractivity contribution in [3.63, 3.8) is 0 Å². The van der Waals surface area contributed by atoms with E-state index in [4.69, 9.17) is 38.8 Å². The van der Waals surface area contributed by atoms with Crippen LogP contribution in [0, 0.1) is 70.6 Å². The Morgan fingerprint density at radius 2 is 0.821 bits per heavy atom. The number of halogens is 6. The summed E-state index contributed by atoms with van der Waals surface area (Å²) >= 11 is 11.5. The zero-order valence-electron chi connectivity index (χ0n) is 59.2. The molecular formula is C89H85Cl2F4N5O6. The standard InChI is InChI=1S/C26H23ClFNO.C21H22FNO2.C19H18FNO2.C17H16FNO.C6H6ClN/c27-21-3-1-16(2-4-21)11-23(30)12-17-9-18-13-20(14-19(18)10-17)24-7-8-29-26-6-5-22(28)15-25(24)26;1-2-25-21(24)9-13-7-14-10-16(11-15(14)8-13)18-5-6-23-20-4-3-17(22)12-19(18)20;20-15-1-2-18-17(10-15)16(3-4-21-18)14-8-12-5-11(7-19(22)23)6-13(12)9-14;18-13-1-2-17-16(9-13)15(3-4-19-17)12-5-10-7-14(20)8-11(10)6-12;7-5-1-3-6(8)4-2-5/h1-9,15,18-20H,10-14H2;3-6,9,12,14-16H,2,7-8,10-11H2,1H3;1-5,10,12-14H,6-9H2,(H,22,23);1-4,9-12H,5-8H2;1-4H,8H2/t18-,19+,20+;14-,15+,16?;12-,13+,14+;10-,11+,12?;/m0.0../s1. The Hall–Kier alpha value is -9.44. The van der Waals surface area contributed by atoms with Gasteiger partial charge in [-0.3, -0.25) is 34.3 Å². The highest BCUT2D eigenvalue weighted by molar-refractivity contribution is 6.30. The molecule has 0 bridgehead atoms. The largest absolute Gasteiger partial charge is 0.481 e. The van der Waals surface area contributed by atoms with Gasteiger partial charge in [0.15, 0.2) is 0 Å². The van der Waals surface area contributed by atoms with Crippen LogP contribution >= 0.6 is 23.2 Å². The molecule has 3 N–H and O–H groups in total. The van der Waals surface area contributed by atoms with Gasteiger partial charge in [0, 0.05) is 93.8 Å². The quantitative estimate of drug-likeness (QED) is 0.0391. The molecular weight excluding hydrogens is 1380 g/mol. The third-order valence-corrected chi connectivity index (χ3v) is 24.0. The molecule has 12 atom stereocenters. The van der Waals surface area contributed by atoms with Crippen molar-refractivity contribution in [1.82, 2.24) is 19.9 Å². The summed E-state index contributed by atoms with van der Waals surface area (Å²) in [5.74, 6) is 5.01. The molecule has 2 unspecified atom stereocenters. The van der Waals surface area contributed by atoms with Gasteiger partial charge in [-0.15, -0.1) is 0 Å². The first-order chi connectivity index (χ1) is 51.3. The van der Waals surface area contributed by atoms with Crippen LogP contribution in [0.15, 0.2) is 205 Å². The molecule has 6 saturated carbocycles. The second-order valence-electron chi connectivity index (χ2n) is 30.4. The van der Waals surface area contributed by atoms with E-state index in [9.17, 15) is 36.7 Å². The van der Waals surface area contributed by atoms with Gasteiger partial charge in [-0.1, -0.05) is 64.2 Å². The fourth-order valence-electron chi connectivity index (χ4n) is 19.0. The van der Waals surface area contributed by atoms with E-state index in [1.54, 1.807) is 85.1 Å². The summed E-state index contributed by atoms with van der Waals surface area (Å²) in [6.07, 6.45) is 28.5. The number of carbonyl (C=O) groups excluding carboxylic acids is 3. The molecule has 106 heavy (non-hydrogen) atoms. The average molecular weight is 1470 g/mol. The second-order valence-corrected chi connectivity index (χ2v) is 31.3. The van der Waals surface area contributed by atoms with Crippen molar-refractivity contribution >= 4 is 96.0 Å². The number of rotatable bonds is 12. The molecule has 17 heteroatoms. The van der Waals surface area contributed by atoms with Gasteiger partial charge in [-0.05, 0) is 316 Å². The normalized spacial score (nSPS) is 24.7. The van der Waals surface area contributed by atoms with Gasteiger partial charge in [-0.25, -0.2) is 22.4 Å². The van der Waals surface area contributed by atoms with Crippen molar-refractivity contribution in [2.45, 2.75) is 140 Å². The van der Waals surface area contributed by atoms with Crippen LogP contribution in [0.25, 0.3) is 43.6 Å². The molecule has 0 spiro atoms. The maximum atomic E-state index is 13.8. The SMILES string of the molecule is CCOC(=O)C=C1C[C@@H]2CC(c3ccnc4ccc(F)cc34)C[C@@H]2C1.Nc1ccc(Cl)cc1.O=C(CC1=C[C@H]2C[C@@H](c3ccnc4ccc(F)cc34)C[C@H]2C1)Cc1ccc(Cl)cc1.O=C(O)CC1=C[C@H]2C[C@@H](c3ccnc4ccc(F)cc34)C[C@H]2C1.O=C1C[C@@H]2CC(c3ccnc4ccc(F)cc34)C[C@@H]2C1. The van der Waals surface area contributed by atoms with Crippen LogP contribution in [0.2, 0.25) is 10.0 Å². The molecule has 11 nitrogen and oxygen atoms in total. The summed E-state index contributed by atoms with van der Waals surface area (Å²) in [6, 6.07) is 41.9. The highest BCUT2D eigenvalue weighted by Gasteiger charge is 2.44. The summed E-state index contributed by atoms with van der Waals surface area (Å²) in [4.78, 5) is 63.9. The lowest BCUT2D eigenvalue weighted by Gasteiger charge is -2.14. The molecule has 544 valence electrons. The molecule has 0 saturated heterocycles. The van der Waals surface area contributed by atoms with Crippen LogP contribution in [-0.2, 0) is 30.3 Å². The number of benzene rings is 6. The van der Waals surface area contributed by atoms with E-state index >= 15 is 0 Å². The number of ether oxygens (including phenoxy) is 1. The minimum atomic E-state index is -0.747. The monoisotopic (exact) mass is 1470 g/mol. The number of anilines is 1. The summed E-state index contributed by atoms with van der Waals surface area (Å²) < 4.78 is 59.6. The van der Waals surface area contributed by atoms with E-state index in [1.807, 2.05) is 74.0 Å². The van der Waals surface area contributed by atoms with E-state index in [1.165, 1.54) is 57.7 Å². The number of carbonyl (C=O) groups is 4. The Balaban J connectivity index is 0.000000115. The number of pyridine rings is 4. The number of carboxylic acid groups (broad SMARTS) is 1. The average Bonchev–Trinajstić information content (AvgIpc) is 1.62. The highest BCUT2D eigenvalue weighted by atomic mass is 35.5. The van der Waals surface area contributed by atoms with Crippen molar-refractivity contribution in [1.29, 1.82) is 0 Å². The maximum absolute atomic E-state index is 13.8. The minimum absolute atomic E-state index is 0.168. The molecule has 8 aliphatic carbocycles. The summed E-state index contributed by atoms with van der Waals surface area (Å²) in [6.45, 7) is 2.25. The Kier molecular flexibility index (Phi) is 22.7. The molecule has 18 rings (SSSR count). The number of esters is 1. The number of carboxylic acids is 1. The first-order valence-electron chi connectivity index (χ1n) is 37.2. The Morgan fingerprint density at radius 3 is 1.19 bits per heavy atom. The molecule has 4 aromatic heterocycles. The highest BCUT2D eigenvalue weighted by Crippen LogP contribution is 2.55. The topological polar surface area (TPSA) is 175 Å². The number of fused-ring (bicyclic) bond motifs is 8. The molecule has 6 aromatic carbocycles. The van der Waals surface area contributed by atoms with Crippen LogP contribution in [-0.4, -0.2) is 55.2 Å². The lowest BCUT2D eigenvalue weighted by molar-refractivity contribution is -0.137. The Labute approximate surface area is 624 Å². The number of hydrogen-bond donors (Lipinski definition) is 2. The van der Waals surface area contributed by atoms with Crippen molar-refractivity contribution in [2.75, 3.05) is 12.3 Å². The number of aromatic nitrogens is 4. The number of hydrogen-bond acceptors (Lipinski definition) is 10. The lowest BCUT2D eigenvalue weighted by Crippen LogP contribution is -2.05. The smallest absolute Gasteiger partial charge is 0.330 e. The first-order valence-corrected chi connectivity index (χ1v) is 38.0. The van der Waals surface area contributed by atoms with Crippen LogP contribution in [0.5, 0.6) is 0 Å². The second kappa shape index (κ2) is 32.7. The maximum Gasteiger partial charge on any atom is 0.330 e. The van der Waals surface area contributed by atoms with E-state index < -0.39 is 5.97 Å².